The zero-order valence-electron chi connectivity index (χ0n) is 12.9. The van der Waals surface area contributed by atoms with E-state index in [2.05, 4.69) is 4.99 Å². The van der Waals surface area contributed by atoms with Gasteiger partial charge in [0.15, 0.2) is 0 Å². The topological polar surface area (TPSA) is 47.6 Å². The lowest BCUT2D eigenvalue weighted by Crippen LogP contribution is -2.28. The molecule has 116 valence electrons. The van der Waals surface area contributed by atoms with Crippen LogP contribution in [0.25, 0.3) is 0 Å². The first-order chi connectivity index (χ1) is 10.5. The molecular formula is C18H21ClN2O. The summed E-state index contributed by atoms with van der Waals surface area (Å²) in [6.07, 6.45) is 0.561. The zero-order chi connectivity index (χ0) is 15.9. The Labute approximate surface area is 136 Å². The number of benzene rings is 2. The molecule has 2 aromatic rings. The Bertz CT molecular complexity index is 611. The predicted molar refractivity (Wildman–Crippen MR) is 92.8 cm³/mol. The van der Waals surface area contributed by atoms with Gasteiger partial charge in [0, 0.05) is 11.4 Å². The molecule has 0 spiro atoms. The van der Waals surface area contributed by atoms with Gasteiger partial charge in [-0.2, -0.15) is 0 Å². The molecule has 3 nitrogen and oxygen atoms in total. The second-order valence-electron chi connectivity index (χ2n) is 5.30. The van der Waals surface area contributed by atoms with Gasteiger partial charge in [-0.05, 0) is 43.7 Å². The van der Waals surface area contributed by atoms with E-state index in [4.69, 9.17) is 22.1 Å². The van der Waals surface area contributed by atoms with Gasteiger partial charge in [-0.25, -0.2) is 0 Å². The van der Waals surface area contributed by atoms with Crippen molar-refractivity contribution >= 4 is 17.4 Å². The standard InChI is InChI=1S/C18H21ClN2O/c1-13(14(2)22-17-6-4-3-5-7-17)21-18(20)12-15-8-10-16(19)11-9-15/h3-11,13-14H,12H2,1-2H3,(H2,20,21). The van der Waals surface area contributed by atoms with Gasteiger partial charge in [-0.3, -0.25) is 4.99 Å². The summed E-state index contributed by atoms with van der Waals surface area (Å²) in [5.74, 6) is 1.44. The smallest absolute Gasteiger partial charge is 0.119 e. The van der Waals surface area contributed by atoms with Crippen LogP contribution in [0.3, 0.4) is 0 Å². The number of nitrogens with two attached hydrogens (primary N) is 1. The van der Waals surface area contributed by atoms with Crippen LogP contribution in [0.2, 0.25) is 5.02 Å². The van der Waals surface area contributed by atoms with Gasteiger partial charge >= 0.3 is 0 Å². The number of nitrogens with zero attached hydrogens (tertiary/aromatic N) is 1. The Morgan fingerprint density at radius 2 is 1.73 bits per heavy atom. The van der Waals surface area contributed by atoms with E-state index < -0.39 is 0 Å². The van der Waals surface area contributed by atoms with Crippen LogP contribution in [-0.4, -0.2) is 18.0 Å². The molecular weight excluding hydrogens is 296 g/mol. The first-order valence-electron chi connectivity index (χ1n) is 7.33. The molecule has 2 rings (SSSR count). The SMILES string of the molecule is CC(N=C(N)Cc1ccc(Cl)cc1)C(C)Oc1ccccc1. The maximum atomic E-state index is 6.04. The highest BCUT2D eigenvalue weighted by atomic mass is 35.5. The summed E-state index contributed by atoms with van der Waals surface area (Å²) in [6.45, 7) is 4.00. The Balaban J connectivity index is 1.93. The van der Waals surface area contributed by atoms with Gasteiger partial charge in [0.1, 0.15) is 11.9 Å². The maximum absolute atomic E-state index is 6.04. The molecule has 0 aromatic heterocycles. The summed E-state index contributed by atoms with van der Waals surface area (Å²) in [6, 6.07) is 17.3. The van der Waals surface area contributed by atoms with Gasteiger partial charge in [0.2, 0.25) is 0 Å². The molecule has 0 aliphatic rings. The second kappa shape index (κ2) is 7.85. The number of hydrogen-bond donors (Lipinski definition) is 1. The largest absolute Gasteiger partial charge is 0.489 e. The predicted octanol–water partition coefficient (Wildman–Crippen LogP) is 4.10. The van der Waals surface area contributed by atoms with E-state index in [1.807, 2.05) is 68.4 Å². The molecule has 22 heavy (non-hydrogen) atoms. The molecule has 0 amide bonds. The molecule has 4 heteroatoms. The minimum absolute atomic E-state index is 0.0208. The number of ether oxygens (including phenoxy) is 1. The van der Waals surface area contributed by atoms with E-state index in [-0.39, 0.29) is 12.1 Å². The summed E-state index contributed by atoms with van der Waals surface area (Å²) in [4.78, 5) is 4.53. The Morgan fingerprint density at radius 1 is 1.09 bits per heavy atom. The fraction of sp³-hybridized carbons (Fsp3) is 0.278. The van der Waals surface area contributed by atoms with Crippen LogP contribution in [0.5, 0.6) is 5.75 Å². The van der Waals surface area contributed by atoms with Crippen LogP contribution in [0.1, 0.15) is 19.4 Å². The van der Waals surface area contributed by atoms with Crippen LogP contribution >= 0.6 is 11.6 Å². The van der Waals surface area contributed by atoms with Crippen molar-refractivity contribution in [2.24, 2.45) is 10.7 Å². The van der Waals surface area contributed by atoms with E-state index in [0.29, 0.717) is 12.3 Å². The van der Waals surface area contributed by atoms with Crippen molar-refractivity contribution < 1.29 is 4.74 Å². The van der Waals surface area contributed by atoms with Gasteiger partial charge in [-0.15, -0.1) is 0 Å². The number of hydrogen-bond acceptors (Lipinski definition) is 2. The average molecular weight is 317 g/mol. The molecule has 2 unspecified atom stereocenters. The second-order valence-corrected chi connectivity index (χ2v) is 5.74. The molecule has 0 fully saturated rings. The van der Waals surface area contributed by atoms with E-state index in [1.165, 1.54) is 0 Å². The number of para-hydroxylation sites is 1. The Morgan fingerprint density at radius 3 is 2.36 bits per heavy atom. The number of amidine groups is 1. The number of rotatable bonds is 6. The normalized spacial score (nSPS) is 14.4. The highest BCUT2D eigenvalue weighted by Gasteiger charge is 2.13. The zero-order valence-corrected chi connectivity index (χ0v) is 13.6. The molecule has 2 atom stereocenters. The third-order valence-corrected chi connectivity index (χ3v) is 3.66. The van der Waals surface area contributed by atoms with Crippen molar-refractivity contribution in [2.45, 2.75) is 32.4 Å². The third-order valence-electron chi connectivity index (χ3n) is 3.41. The van der Waals surface area contributed by atoms with Gasteiger partial charge in [-0.1, -0.05) is 41.9 Å². The van der Waals surface area contributed by atoms with E-state index in [1.54, 1.807) is 0 Å². The fourth-order valence-electron chi connectivity index (χ4n) is 2.04. The van der Waals surface area contributed by atoms with E-state index >= 15 is 0 Å². The summed E-state index contributed by atoms with van der Waals surface area (Å²) < 4.78 is 5.86. The van der Waals surface area contributed by atoms with Crippen LogP contribution in [0.15, 0.2) is 59.6 Å². The summed E-state index contributed by atoms with van der Waals surface area (Å²) in [5.41, 5.74) is 7.13. The lowest BCUT2D eigenvalue weighted by molar-refractivity contribution is 0.197. The molecule has 0 heterocycles. The van der Waals surface area contributed by atoms with Crippen molar-refractivity contribution in [1.82, 2.24) is 0 Å². The molecule has 0 radical (unpaired) electrons. The van der Waals surface area contributed by atoms with E-state index in [0.717, 1.165) is 16.3 Å². The minimum atomic E-state index is -0.0498. The molecule has 0 saturated carbocycles. The van der Waals surface area contributed by atoms with E-state index in [9.17, 15) is 0 Å². The third kappa shape index (κ3) is 5.08. The Kier molecular flexibility index (Phi) is 5.84. The van der Waals surface area contributed by atoms with Gasteiger partial charge in [0.05, 0.1) is 11.9 Å². The highest BCUT2D eigenvalue weighted by molar-refractivity contribution is 6.30. The van der Waals surface area contributed by atoms with Gasteiger partial charge < -0.3 is 10.5 Å². The summed E-state index contributed by atoms with van der Waals surface area (Å²) in [5, 5.41) is 0.720. The number of aliphatic imine (C=N–C) groups is 1. The minimum Gasteiger partial charge on any atom is -0.489 e. The monoisotopic (exact) mass is 316 g/mol. The quantitative estimate of drug-likeness (QED) is 0.644. The molecule has 0 aliphatic heterocycles. The van der Waals surface area contributed by atoms with Crippen LogP contribution < -0.4 is 10.5 Å². The van der Waals surface area contributed by atoms with Crippen molar-refractivity contribution in [2.75, 3.05) is 0 Å². The lowest BCUT2D eigenvalue weighted by Gasteiger charge is -2.19. The van der Waals surface area contributed by atoms with Crippen molar-refractivity contribution in [3.8, 4) is 5.75 Å². The molecule has 2 N–H and O–H groups in total. The molecule has 0 saturated heterocycles. The summed E-state index contributed by atoms with van der Waals surface area (Å²) >= 11 is 5.87. The average Bonchev–Trinajstić information content (AvgIpc) is 2.50. The molecule has 0 bridgehead atoms. The first-order valence-corrected chi connectivity index (χ1v) is 7.70. The lowest BCUT2D eigenvalue weighted by atomic mass is 10.1. The molecule has 2 aromatic carbocycles. The van der Waals surface area contributed by atoms with Crippen LogP contribution in [0.4, 0.5) is 0 Å². The Hall–Kier alpha value is -2.00. The van der Waals surface area contributed by atoms with Gasteiger partial charge in [0.25, 0.3) is 0 Å². The van der Waals surface area contributed by atoms with Crippen molar-refractivity contribution in [1.29, 1.82) is 0 Å². The highest BCUT2D eigenvalue weighted by Crippen LogP contribution is 2.14. The summed E-state index contributed by atoms with van der Waals surface area (Å²) in [7, 11) is 0. The fourth-order valence-corrected chi connectivity index (χ4v) is 2.16. The van der Waals surface area contributed by atoms with Crippen molar-refractivity contribution in [3.63, 3.8) is 0 Å². The van der Waals surface area contributed by atoms with Crippen LogP contribution in [-0.2, 0) is 6.42 Å². The van der Waals surface area contributed by atoms with Crippen molar-refractivity contribution in [3.05, 3.63) is 65.2 Å². The number of halogens is 1. The maximum Gasteiger partial charge on any atom is 0.119 e. The molecule has 0 aliphatic carbocycles. The van der Waals surface area contributed by atoms with Crippen LogP contribution in [0, 0.1) is 0 Å². The first kappa shape index (κ1) is 16.4.